The molecular weight excluding hydrogens is 420 g/mol. The van der Waals surface area contributed by atoms with Gasteiger partial charge in [0, 0.05) is 12.3 Å². The van der Waals surface area contributed by atoms with Gasteiger partial charge in [-0.25, -0.2) is 0 Å². The van der Waals surface area contributed by atoms with Crippen LogP contribution in [-0.2, 0) is 14.3 Å². The van der Waals surface area contributed by atoms with Crippen LogP contribution in [0.4, 0.5) is 0 Å². The largest absolute Gasteiger partial charge is 0.461 e. The molecule has 2 heterocycles. The molecule has 6 rings (SSSR count). The van der Waals surface area contributed by atoms with E-state index in [4.69, 9.17) is 9.47 Å². The van der Waals surface area contributed by atoms with Crippen molar-refractivity contribution in [2.24, 2.45) is 11.3 Å². The van der Waals surface area contributed by atoms with Crippen molar-refractivity contribution in [1.29, 1.82) is 0 Å². The summed E-state index contributed by atoms with van der Waals surface area (Å²) in [5.74, 6) is 0.231. The van der Waals surface area contributed by atoms with Crippen LogP contribution in [0.3, 0.4) is 0 Å². The third-order valence-corrected chi connectivity index (χ3v) is 8.07. The van der Waals surface area contributed by atoms with E-state index >= 15 is 0 Å². The first-order valence-electron chi connectivity index (χ1n) is 12.4. The van der Waals surface area contributed by atoms with E-state index in [-0.39, 0.29) is 11.7 Å². The first-order chi connectivity index (χ1) is 16.6. The molecule has 1 spiro atoms. The second-order valence-electron chi connectivity index (χ2n) is 10.1. The van der Waals surface area contributed by atoms with Gasteiger partial charge in [-0.1, -0.05) is 91.0 Å². The number of ether oxygens (including phenoxy) is 2. The second kappa shape index (κ2) is 8.25. The van der Waals surface area contributed by atoms with Gasteiger partial charge in [-0.05, 0) is 54.9 Å². The molecule has 1 saturated carbocycles. The smallest absolute Gasteiger partial charge is 0.223 e. The molecule has 4 atom stereocenters. The molecule has 2 bridgehead atoms. The fraction of sp³-hybridized carbons (Fsp3) is 0.323. The molecule has 2 aliphatic heterocycles. The number of Topliss-reactive ketones (excluding diaryl/α,β-unsaturated/α-hetero) is 1. The molecule has 0 amide bonds. The normalized spacial score (nSPS) is 33.6. The van der Waals surface area contributed by atoms with E-state index in [0.717, 1.165) is 43.4 Å². The first kappa shape index (κ1) is 21.4. The highest BCUT2D eigenvalue weighted by molar-refractivity contribution is 5.93. The summed E-state index contributed by atoms with van der Waals surface area (Å²) in [5, 5.41) is 0. The zero-order chi connectivity index (χ0) is 23.2. The molecule has 2 aromatic rings. The van der Waals surface area contributed by atoms with E-state index < -0.39 is 17.3 Å². The maximum absolute atomic E-state index is 13.7. The Bertz CT molecular complexity index is 1220. The molecule has 4 aliphatic rings. The highest BCUT2D eigenvalue weighted by Gasteiger charge is 2.70. The van der Waals surface area contributed by atoms with Crippen LogP contribution in [0.15, 0.2) is 95.8 Å². The Morgan fingerprint density at radius 3 is 2.35 bits per heavy atom. The topological polar surface area (TPSA) is 35.5 Å². The van der Waals surface area contributed by atoms with Crippen LogP contribution in [0.5, 0.6) is 0 Å². The second-order valence-corrected chi connectivity index (χ2v) is 10.1. The average molecular weight is 451 g/mol. The van der Waals surface area contributed by atoms with Crippen molar-refractivity contribution in [2.45, 2.75) is 50.9 Å². The van der Waals surface area contributed by atoms with Gasteiger partial charge in [0.25, 0.3) is 0 Å². The Kier molecular flexibility index (Phi) is 5.18. The van der Waals surface area contributed by atoms with Crippen LogP contribution in [0.25, 0.3) is 12.2 Å². The van der Waals surface area contributed by atoms with Gasteiger partial charge in [0.05, 0.1) is 5.41 Å². The zero-order valence-corrected chi connectivity index (χ0v) is 19.6. The van der Waals surface area contributed by atoms with Crippen LogP contribution >= 0.6 is 0 Å². The Morgan fingerprint density at radius 2 is 1.62 bits per heavy atom. The van der Waals surface area contributed by atoms with Crippen LogP contribution in [0.1, 0.15) is 50.2 Å². The van der Waals surface area contributed by atoms with Crippen molar-refractivity contribution >= 4 is 17.9 Å². The summed E-state index contributed by atoms with van der Waals surface area (Å²) in [4.78, 5) is 13.7. The van der Waals surface area contributed by atoms with Crippen molar-refractivity contribution in [1.82, 2.24) is 0 Å². The predicted molar refractivity (Wildman–Crippen MR) is 134 cm³/mol. The van der Waals surface area contributed by atoms with Gasteiger partial charge in [0.15, 0.2) is 5.78 Å². The number of allylic oxidation sites excluding steroid dienone is 3. The molecular formula is C31H30O3. The summed E-state index contributed by atoms with van der Waals surface area (Å²) in [6.07, 6.45) is 14.6. The third kappa shape index (κ3) is 3.33. The van der Waals surface area contributed by atoms with E-state index in [9.17, 15) is 4.79 Å². The SMILES string of the molecule is C[C@]12CCC[C@]13OC1=C(CC/C1=C/C=C/c1ccccc1)[C@@H](/C=C/c1ccccc1)[C@H](O3)C2=O. The van der Waals surface area contributed by atoms with E-state index in [1.807, 2.05) is 36.4 Å². The van der Waals surface area contributed by atoms with Crippen molar-refractivity contribution < 1.29 is 14.3 Å². The standard InChI is InChI=1S/C31H30O3/c1-30-20-9-21-31(30)33-27-24(15-8-14-22-10-4-2-5-11-22)17-19-25(27)26(28(34-31)29(30)32)18-16-23-12-6-3-7-13-23/h2-8,10-16,18,26,28H,9,17,19-21H2,1H3/b14-8+,18-16+,24-15-/t26-,28+,30-,31-/m1/s1. The maximum Gasteiger partial charge on any atom is 0.223 e. The molecule has 34 heavy (non-hydrogen) atoms. The minimum Gasteiger partial charge on any atom is -0.461 e. The molecule has 0 aromatic heterocycles. The number of benzene rings is 2. The Hall–Kier alpha value is -3.17. The van der Waals surface area contributed by atoms with Gasteiger partial charge < -0.3 is 9.47 Å². The Morgan fingerprint density at radius 1 is 0.912 bits per heavy atom. The van der Waals surface area contributed by atoms with Gasteiger partial charge in [-0.2, -0.15) is 0 Å². The Labute approximate surface area is 201 Å². The molecule has 0 radical (unpaired) electrons. The highest BCUT2D eigenvalue weighted by Crippen LogP contribution is 2.61. The molecule has 3 heteroatoms. The lowest BCUT2D eigenvalue weighted by Gasteiger charge is -2.35. The van der Waals surface area contributed by atoms with E-state index in [1.54, 1.807) is 0 Å². The number of carbonyl (C=O) groups is 1. The summed E-state index contributed by atoms with van der Waals surface area (Å²) < 4.78 is 13.4. The third-order valence-electron chi connectivity index (χ3n) is 8.07. The lowest BCUT2D eigenvalue weighted by Crippen LogP contribution is -2.44. The number of ketones is 1. The van der Waals surface area contributed by atoms with Gasteiger partial charge in [-0.15, -0.1) is 0 Å². The summed E-state index contributed by atoms with van der Waals surface area (Å²) in [5.41, 5.74) is 4.12. The summed E-state index contributed by atoms with van der Waals surface area (Å²) in [6.45, 7) is 2.06. The van der Waals surface area contributed by atoms with Crippen molar-refractivity contribution in [3.05, 3.63) is 107 Å². The Balaban J connectivity index is 1.40. The lowest BCUT2D eigenvalue weighted by molar-refractivity contribution is -0.230. The van der Waals surface area contributed by atoms with E-state index in [2.05, 4.69) is 61.6 Å². The summed E-state index contributed by atoms with van der Waals surface area (Å²) in [6, 6.07) is 20.6. The van der Waals surface area contributed by atoms with Gasteiger partial charge >= 0.3 is 0 Å². The summed E-state index contributed by atoms with van der Waals surface area (Å²) >= 11 is 0. The van der Waals surface area contributed by atoms with Crippen LogP contribution in [0.2, 0.25) is 0 Å². The fourth-order valence-corrected chi connectivity index (χ4v) is 6.13. The molecule has 2 aromatic carbocycles. The van der Waals surface area contributed by atoms with Crippen molar-refractivity contribution in [3.8, 4) is 0 Å². The first-order valence-corrected chi connectivity index (χ1v) is 12.4. The van der Waals surface area contributed by atoms with Gasteiger partial charge in [0.1, 0.15) is 11.9 Å². The number of fused-ring (bicyclic) bond motifs is 1. The van der Waals surface area contributed by atoms with Crippen LogP contribution in [0, 0.1) is 11.3 Å². The molecule has 3 nitrogen and oxygen atoms in total. The number of hydrogen-bond donors (Lipinski definition) is 0. The van der Waals surface area contributed by atoms with Crippen molar-refractivity contribution in [3.63, 3.8) is 0 Å². The maximum atomic E-state index is 13.7. The summed E-state index contributed by atoms with van der Waals surface area (Å²) in [7, 11) is 0. The number of rotatable bonds is 4. The molecule has 0 unspecified atom stereocenters. The highest BCUT2D eigenvalue weighted by atomic mass is 16.7. The van der Waals surface area contributed by atoms with Gasteiger partial charge in [0.2, 0.25) is 5.79 Å². The number of hydrogen-bond acceptors (Lipinski definition) is 3. The van der Waals surface area contributed by atoms with Crippen molar-refractivity contribution in [2.75, 3.05) is 0 Å². The van der Waals surface area contributed by atoms with E-state index in [1.165, 1.54) is 16.7 Å². The fourth-order valence-electron chi connectivity index (χ4n) is 6.13. The molecule has 2 fully saturated rings. The monoisotopic (exact) mass is 450 g/mol. The lowest BCUT2D eigenvalue weighted by atomic mass is 9.76. The minimum atomic E-state index is -0.836. The molecule has 172 valence electrons. The number of carbonyl (C=O) groups excluding carboxylic acids is 1. The average Bonchev–Trinajstić information content (AvgIpc) is 3.42. The van der Waals surface area contributed by atoms with E-state index in [0.29, 0.717) is 0 Å². The van der Waals surface area contributed by atoms with Gasteiger partial charge in [-0.3, -0.25) is 4.79 Å². The quantitative estimate of drug-likeness (QED) is 0.509. The molecule has 0 N–H and O–H groups in total. The van der Waals surface area contributed by atoms with Crippen LogP contribution in [-0.4, -0.2) is 17.7 Å². The molecule has 2 aliphatic carbocycles. The molecule has 1 saturated heterocycles. The predicted octanol–water partition coefficient (Wildman–Crippen LogP) is 6.89. The zero-order valence-electron chi connectivity index (χ0n) is 19.6. The van der Waals surface area contributed by atoms with Crippen LogP contribution < -0.4 is 0 Å². The minimum absolute atomic E-state index is 0.103.